The number of rotatable bonds is 2. The highest BCUT2D eigenvalue weighted by atomic mass is 16.5. The SMILES string of the molecule is CC(C)=CC[C@@]12CCO[C@@H]1Nc1ccccc12. The summed E-state index contributed by atoms with van der Waals surface area (Å²) in [6, 6.07) is 8.62. The number of ether oxygens (including phenoxy) is 1. The Labute approximate surface area is 103 Å². The van der Waals surface area contributed by atoms with Crippen LogP contribution in [0.25, 0.3) is 0 Å². The average molecular weight is 229 g/mol. The number of benzene rings is 1. The van der Waals surface area contributed by atoms with E-state index in [0.29, 0.717) is 0 Å². The minimum absolute atomic E-state index is 0.161. The Hall–Kier alpha value is -1.28. The first-order valence-corrected chi connectivity index (χ1v) is 6.33. The van der Waals surface area contributed by atoms with Crippen LogP contribution in [-0.4, -0.2) is 12.8 Å². The summed E-state index contributed by atoms with van der Waals surface area (Å²) in [5.41, 5.74) is 4.22. The van der Waals surface area contributed by atoms with Gasteiger partial charge in [0.2, 0.25) is 0 Å². The quantitative estimate of drug-likeness (QED) is 0.784. The predicted octanol–water partition coefficient (Wildman–Crippen LogP) is 3.45. The van der Waals surface area contributed by atoms with Crippen LogP contribution in [0, 0.1) is 0 Å². The molecule has 0 radical (unpaired) electrons. The monoisotopic (exact) mass is 229 g/mol. The Morgan fingerprint density at radius 3 is 3.12 bits per heavy atom. The molecule has 1 aromatic rings. The van der Waals surface area contributed by atoms with E-state index in [0.717, 1.165) is 19.4 Å². The molecule has 1 N–H and O–H groups in total. The molecule has 2 aliphatic heterocycles. The van der Waals surface area contributed by atoms with Gasteiger partial charge < -0.3 is 10.1 Å². The van der Waals surface area contributed by atoms with E-state index >= 15 is 0 Å². The fraction of sp³-hybridized carbons (Fsp3) is 0.467. The van der Waals surface area contributed by atoms with E-state index in [1.807, 2.05) is 0 Å². The minimum Gasteiger partial charge on any atom is -0.359 e. The van der Waals surface area contributed by atoms with Crippen molar-refractivity contribution < 1.29 is 4.74 Å². The summed E-state index contributed by atoms with van der Waals surface area (Å²) >= 11 is 0. The molecule has 0 amide bonds. The molecule has 0 spiro atoms. The van der Waals surface area contributed by atoms with Crippen LogP contribution in [0.4, 0.5) is 5.69 Å². The Kier molecular flexibility index (Phi) is 2.48. The van der Waals surface area contributed by atoms with Crippen LogP contribution in [0.5, 0.6) is 0 Å². The van der Waals surface area contributed by atoms with Gasteiger partial charge in [0.15, 0.2) is 0 Å². The summed E-state index contributed by atoms with van der Waals surface area (Å²) in [6.07, 6.45) is 4.69. The third-order valence-electron chi connectivity index (χ3n) is 3.96. The molecule has 0 unspecified atom stereocenters. The van der Waals surface area contributed by atoms with Crippen molar-refractivity contribution >= 4 is 5.69 Å². The van der Waals surface area contributed by atoms with Gasteiger partial charge in [0.05, 0.1) is 6.61 Å². The predicted molar refractivity (Wildman–Crippen MR) is 70.1 cm³/mol. The molecule has 90 valence electrons. The largest absolute Gasteiger partial charge is 0.359 e. The van der Waals surface area contributed by atoms with E-state index in [2.05, 4.69) is 49.5 Å². The van der Waals surface area contributed by atoms with Gasteiger partial charge in [0, 0.05) is 11.1 Å². The van der Waals surface area contributed by atoms with E-state index in [-0.39, 0.29) is 11.6 Å². The highest BCUT2D eigenvalue weighted by molar-refractivity contribution is 5.62. The normalized spacial score (nSPS) is 29.4. The number of hydrogen-bond acceptors (Lipinski definition) is 2. The Morgan fingerprint density at radius 2 is 2.29 bits per heavy atom. The smallest absolute Gasteiger partial charge is 0.137 e. The lowest BCUT2D eigenvalue weighted by Gasteiger charge is -2.26. The van der Waals surface area contributed by atoms with Crippen LogP contribution in [-0.2, 0) is 10.2 Å². The van der Waals surface area contributed by atoms with Crippen molar-refractivity contribution in [3.8, 4) is 0 Å². The molecule has 2 heteroatoms. The number of hydrogen-bond donors (Lipinski definition) is 1. The zero-order valence-electron chi connectivity index (χ0n) is 10.5. The van der Waals surface area contributed by atoms with Crippen LogP contribution in [0.2, 0.25) is 0 Å². The fourth-order valence-corrected chi connectivity index (χ4v) is 2.99. The molecule has 2 atom stereocenters. The number of anilines is 1. The van der Waals surface area contributed by atoms with Gasteiger partial charge in [-0.1, -0.05) is 29.8 Å². The molecule has 1 aromatic carbocycles. The molecule has 2 aliphatic rings. The standard InChI is InChI=1S/C15H19NO/c1-11(2)7-8-15-9-10-17-14(15)16-13-6-4-3-5-12(13)15/h3-7,14,16H,8-10H2,1-2H3/t14-,15-/m0/s1. The van der Waals surface area contributed by atoms with Crippen molar-refractivity contribution in [1.82, 2.24) is 0 Å². The zero-order chi connectivity index (χ0) is 11.9. The first kappa shape index (κ1) is 10.8. The van der Waals surface area contributed by atoms with Crippen molar-refractivity contribution in [3.05, 3.63) is 41.5 Å². The second kappa shape index (κ2) is 3.88. The number of allylic oxidation sites excluding steroid dienone is 2. The number of fused-ring (bicyclic) bond motifs is 3. The summed E-state index contributed by atoms with van der Waals surface area (Å²) in [5.74, 6) is 0. The van der Waals surface area contributed by atoms with Crippen LogP contribution in [0.3, 0.4) is 0 Å². The van der Waals surface area contributed by atoms with E-state index < -0.39 is 0 Å². The van der Waals surface area contributed by atoms with E-state index in [9.17, 15) is 0 Å². The van der Waals surface area contributed by atoms with Gasteiger partial charge >= 0.3 is 0 Å². The van der Waals surface area contributed by atoms with Crippen LogP contribution < -0.4 is 5.32 Å². The van der Waals surface area contributed by atoms with Gasteiger partial charge in [-0.05, 0) is 38.3 Å². The Balaban J connectivity index is 2.02. The van der Waals surface area contributed by atoms with Crippen molar-refractivity contribution in [3.63, 3.8) is 0 Å². The summed E-state index contributed by atoms with van der Waals surface area (Å²) in [4.78, 5) is 0. The molecule has 1 saturated heterocycles. The highest BCUT2D eigenvalue weighted by Gasteiger charge is 2.50. The van der Waals surface area contributed by atoms with Crippen LogP contribution in [0.15, 0.2) is 35.9 Å². The molecular weight excluding hydrogens is 210 g/mol. The lowest BCUT2D eigenvalue weighted by molar-refractivity contribution is 0.108. The Bertz CT molecular complexity index is 462. The van der Waals surface area contributed by atoms with E-state index in [4.69, 9.17) is 4.74 Å². The lowest BCUT2D eigenvalue weighted by atomic mass is 9.76. The zero-order valence-corrected chi connectivity index (χ0v) is 10.5. The highest BCUT2D eigenvalue weighted by Crippen LogP contribution is 2.49. The molecule has 2 nitrogen and oxygen atoms in total. The van der Waals surface area contributed by atoms with E-state index in [1.54, 1.807) is 0 Å². The van der Waals surface area contributed by atoms with Gasteiger partial charge in [-0.3, -0.25) is 0 Å². The summed E-state index contributed by atoms with van der Waals surface area (Å²) in [6.45, 7) is 5.19. The molecule has 0 aliphatic carbocycles. The average Bonchev–Trinajstić information content (AvgIpc) is 2.82. The minimum atomic E-state index is 0.161. The van der Waals surface area contributed by atoms with Crippen molar-refractivity contribution in [2.75, 3.05) is 11.9 Å². The summed E-state index contributed by atoms with van der Waals surface area (Å²) in [7, 11) is 0. The lowest BCUT2D eigenvalue weighted by Crippen LogP contribution is -2.34. The number of para-hydroxylation sites is 1. The summed E-state index contributed by atoms with van der Waals surface area (Å²) in [5, 5.41) is 3.51. The maximum absolute atomic E-state index is 5.85. The van der Waals surface area contributed by atoms with Gasteiger partial charge in [0.25, 0.3) is 0 Å². The molecule has 1 fully saturated rings. The molecule has 0 bridgehead atoms. The van der Waals surface area contributed by atoms with Crippen LogP contribution in [0.1, 0.15) is 32.3 Å². The topological polar surface area (TPSA) is 21.3 Å². The van der Waals surface area contributed by atoms with Gasteiger partial charge in [-0.2, -0.15) is 0 Å². The van der Waals surface area contributed by atoms with Crippen molar-refractivity contribution in [2.24, 2.45) is 0 Å². The summed E-state index contributed by atoms with van der Waals surface area (Å²) < 4.78 is 5.85. The third-order valence-corrected chi connectivity index (χ3v) is 3.96. The maximum Gasteiger partial charge on any atom is 0.137 e. The molecule has 17 heavy (non-hydrogen) atoms. The molecule has 0 aromatic heterocycles. The first-order chi connectivity index (χ1) is 8.22. The van der Waals surface area contributed by atoms with Crippen LogP contribution >= 0.6 is 0 Å². The van der Waals surface area contributed by atoms with Gasteiger partial charge in [-0.25, -0.2) is 0 Å². The second-order valence-electron chi connectivity index (χ2n) is 5.33. The number of nitrogens with one attached hydrogen (secondary N) is 1. The third kappa shape index (κ3) is 1.59. The van der Waals surface area contributed by atoms with Crippen molar-refractivity contribution in [2.45, 2.75) is 38.3 Å². The second-order valence-corrected chi connectivity index (χ2v) is 5.33. The molecule has 2 heterocycles. The first-order valence-electron chi connectivity index (χ1n) is 6.33. The maximum atomic E-state index is 5.85. The van der Waals surface area contributed by atoms with Gasteiger partial charge in [-0.15, -0.1) is 0 Å². The fourth-order valence-electron chi connectivity index (χ4n) is 2.99. The van der Waals surface area contributed by atoms with Gasteiger partial charge in [0.1, 0.15) is 6.23 Å². The molecule has 0 saturated carbocycles. The molecular formula is C15H19NO. The molecule has 3 rings (SSSR count). The van der Waals surface area contributed by atoms with Crippen molar-refractivity contribution in [1.29, 1.82) is 0 Å². The van der Waals surface area contributed by atoms with E-state index in [1.165, 1.54) is 16.8 Å². The Morgan fingerprint density at radius 1 is 1.47 bits per heavy atom.